The smallest absolute Gasteiger partial charge is 0.328 e. The van der Waals surface area contributed by atoms with Crippen LogP contribution in [-0.2, 0) is 9.59 Å². The maximum Gasteiger partial charge on any atom is 0.328 e. The number of aliphatic carboxylic acids is 2. The Morgan fingerprint density at radius 3 is 2.13 bits per heavy atom. The zero-order valence-corrected chi connectivity index (χ0v) is 21.0. The van der Waals surface area contributed by atoms with Gasteiger partial charge >= 0.3 is 11.9 Å². The van der Waals surface area contributed by atoms with Crippen molar-refractivity contribution in [1.29, 1.82) is 0 Å². The van der Waals surface area contributed by atoms with Crippen LogP contribution in [-0.4, -0.2) is 75.0 Å². The SMILES string of the molecule is Cc1nc(-c2ccccc2)nc(-c2cccc([N+](=O)[O-])c2)c1C(=O)NCCN(C)C.O=C(O)/C=C/C(=O)O. The number of hydrogen-bond acceptors (Lipinski definition) is 8. The summed E-state index contributed by atoms with van der Waals surface area (Å²) in [6.07, 6.45) is 1.12. The number of amides is 1. The predicted molar refractivity (Wildman–Crippen MR) is 140 cm³/mol. The van der Waals surface area contributed by atoms with Crippen molar-refractivity contribution in [2.24, 2.45) is 0 Å². The van der Waals surface area contributed by atoms with E-state index >= 15 is 0 Å². The highest BCUT2D eigenvalue weighted by atomic mass is 16.6. The van der Waals surface area contributed by atoms with Crippen LogP contribution in [0.25, 0.3) is 22.6 Å². The van der Waals surface area contributed by atoms with Crippen LogP contribution < -0.4 is 5.32 Å². The summed E-state index contributed by atoms with van der Waals surface area (Å²) >= 11 is 0. The number of nitro groups is 1. The maximum absolute atomic E-state index is 13.0. The Morgan fingerprint density at radius 1 is 0.974 bits per heavy atom. The lowest BCUT2D eigenvalue weighted by Gasteiger charge is -2.15. The normalized spacial score (nSPS) is 10.5. The zero-order valence-electron chi connectivity index (χ0n) is 21.0. The molecule has 0 saturated carbocycles. The van der Waals surface area contributed by atoms with E-state index in [0.717, 1.165) is 5.56 Å². The molecule has 1 aromatic heterocycles. The van der Waals surface area contributed by atoms with Crippen LogP contribution in [0.15, 0.2) is 66.7 Å². The lowest BCUT2D eigenvalue weighted by Crippen LogP contribution is -2.32. The minimum absolute atomic E-state index is 0.0657. The Morgan fingerprint density at radius 2 is 1.58 bits per heavy atom. The fourth-order valence-electron chi connectivity index (χ4n) is 3.16. The highest BCUT2D eigenvalue weighted by Crippen LogP contribution is 2.29. The Bertz CT molecular complexity index is 1330. The van der Waals surface area contributed by atoms with Crippen molar-refractivity contribution >= 4 is 23.5 Å². The summed E-state index contributed by atoms with van der Waals surface area (Å²) in [5, 5.41) is 29.8. The molecular weight excluding hydrogens is 494 g/mol. The van der Waals surface area contributed by atoms with Gasteiger partial charge in [-0.1, -0.05) is 42.5 Å². The van der Waals surface area contributed by atoms with Crippen molar-refractivity contribution in [2.45, 2.75) is 6.92 Å². The lowest BCUT2D eigenvalue weighted by molar-refractivity contribution is -0.384. The second kappa shape index (κ2) is 13.9. The number of non-ortho nitro benzene ring substituents is 1. The maximum atomic E-state index is 13.0. The molecule has 3 aromatic rings. The van der Waals surface area contributed by atoms with E-state index in [2.05, 4.69) is 15.3 Å². The van der Waals surface area contributed by atoms with E-state index in [1.165, 1.54) is 12.1 Å². The number of aromatic nitrogens is 2. The summed E-state index contributed by atoms with van der Waals surface area (Å²) in [5.41, 5.74) is 2.41. The Kier molecular flexibility index (Phi) is 10.7. The summed E-state index contributed by atoms with van der Waals surface area (Å²) in [6, 6.07) is 15.5. The van der Waals surface area contributed by atoms with Crippen molar-refractivity contribution in [3.63, 3.8) is 0 Å². The number of carboxylic acid groups (broad SMARTS) is 2. The Labute approximate surface area is 218 Å². The molecule has 0 unspecified atom stereocenters. The zero-order chi connectivity index (χ0) is 28.2. The molecule has 0 aliphatic heterocycles. The summed E-state index contributed by atoms with van der Waals surface area (Å²) in [4.78, 5) is 54.0. The minimum Gasteiger partial charge on any atom is -0.478 e. The van der Waals surface area contributed by atoms with Gasteiger partial charge < -0.3 is 20.4 Å². The summed E-state index contributed by atoms with van der Waals surface area (Å²) in [7, 11) is 3.84. The standard InChI is InChI=1S/C22H23N5O3.C4H4O4/c1-15-19(22(28)23-12-13-26(2)3)20(17-10-7-11-18(14-17)27(29)30)25-21(24-15)16-8-5-4-6-9-16;5-3(6)1-2-4(7)8/h4-11,14H,12-13H2,1-3H3,(H,23,28);1-2H,(H,5,6)(H,7,8)/b;2-1+. The van der Waals surface area contributed by atoms with E-state index in [9.17, 15) is 24.5 Å². The van der Waals surface area contributed by atoms with Crippen LogP contribution in [0.1, 0.15) is 16.1 Å². The molecule has 0 aliphatic carbocycles. The average Bonchev–Trinajstić information content (AvgIpc) is 2.87. The van der Waals surface area contributed by atoms with Crippen LogP contribution in [0.4, 0.5) is 5.69 Å². The van der Waals surface area contributed by atoms with E-state index in [0.29, 0.717) is 53.6 Å². The number of carbonyl (C=O) groups excluding carboxylic acids is 1. The molecule has 38 heavy (non-hydrogen) atoms. The fourth-order valence-corrected chi connectivity index (χ4v) is 3.16. The summed E-state index contributed by atoms with van der Waals surface area (Å²) in [5.74, 6) is -2.37. The molecule has 12 heteroatoms. The number of nitro benzene ring substituents is 1. The molecule has 1 amide bonds. The molecule has 0 aliphatic rings. The van der Waals surface area contributed by atoms with Gasteiger partial charge in [-0.3, -0.25) is 14.9 Å². The molecule has 3 N–H and O–H groups in total. The second-order valence-corrected chi connectivity index (χ2v) is 8.10. The van der Waals surface area contributed by atoms with Gasteiger partial charge in [0.1, 0.15) is 0 Å². The molecule has 0 bridgehead atoms. The van der Waals surface area contributed by atoms with Gasteiger partial charge in [-0.25, -0.2) is 19.6 Å². The van der Waals surface area contributed by atoms with Gasteiger partial charge in [0.05, 0.1) is 21.9 Å². The van der Waals surface area contributed by atoms with Crippen LogP contribution in [0.2, 0.25) is 0 Å². The highest BCUT2D eigenvalue weighted by Gasteiger charge is 2.21. The van der Waals surface area contributed by atoms with Crippen LogP contribution >= 0.6 is 0 Å². The minimum atomic E-state index is -1.26. The first-order valence-corrected chi connectivity index (χ1v) is 11.2. The third-order valence-corrected chi connectivity index (χ3v) is 4.89. The van der Waals surface area contributed by atoms with Crippen molar-refractivity contribution in [3.8, 4) is 22.6 Å². The molecule has 198 valence electrons. The van der Waals surface area contributed by atoms with Gasteiger partial charge in [0.2, 0.25) is 0 Å². The largest absolute Gasteiger partial charge is 0.478 e. The molecule has 2 aromatic carbocycles. The average molecular weight is 522 g/mol. The first-order valence-electron chi connectivity index (χ1n) is 11.2. The number of carbonyl (C=O) groups is 3. The topological polar surface area (TPSA) is 176 Å². The number of nitrogens with one attached hydrogen (secondary N) is 1. The van der Waals surface area contributed by atoms with Gasteiger partial charge in [0, 0.05) is 48.5 Å². The van der Waals surface area contributed by atoms with E-state index in [1.807, 2.05) is 49.3 Å². The molecule has 0 spiro atoms. The predicted octanol–water partition coefficient (Wildman–Crippen LogP) is 3.03. The number of rotatable bonds is 9. The number of likely N-dealkylation sites (N-methyl/N-ethyl adjacent to an activating group) is 1. The lowest BCUT2D eigenvalue weighted by atomic mass is 10.0. The van der Waals surface area contributed by atoms with Crippen molar-refractivity contribution in [3.05, 3.63) is 88.1 Å². The van der Waals surface area contributed by atoms with Crippen molar-refractivity contribution < 1.29 is 29.5 Å². The fraction of sp³-hybridized carbons (Fsp3) is 0.192. The number of nitrogens with zero attached hydrogens (tertiary/aromatic N) is 4. The Hall–Kier alpha value is -4.97. The van der Waals surface area contributed by atoms with E-state index in [4.69, 9.17) is 10.2 Å². The summed E-state index contributed by atoms with van der Waals surface area (Å²) < 4.78 is 0. The molecule has 12 nitrogen and oxygen atoms in total. The molecule has 0 radical (unpaired) electrons. The molecule has 1 heterocycles. The molecule has 3 rings (SSSR count). The van der Waals surface area contributed by atoms with Crippen molar-refractivity contribution in [2.75, 3.05) is 27.2 Å². The third kappa shape index (κ3) is 8.91. The monoisotopic (exact) mass is 521 g/mol. The van der Waals surface area contributed by atoms with Crippen molar-refractivity contribution in [1.82, 2.24) is 20.2 Å². The van der Waals surface area contributed by atoms with E-state index < -0.39 is 16.9 Å². The van der Waals surface area contributed by atoms with E-state index in [1.54, 1.807) is 19.1 Å². The van der Waals surface area contributed by atoms with Gasteiger partial charge in [0.25, 0.3) is 11.6 Å². The first-order chi connectivity index (χ1) is 18.0. The number of carboxylic acids is 2. The summed E-state index contributed by atoms with van der Waals surface area (Å²) in [6.45, 7) is 2.88. The van der Waals surface area contributed by atoms with Gasteiger partial charge in [-0.2, -0.15) is 0 Å². The van der Waals surface area contributed by atoms with Gasteiger partial charge in [0.15, 0.2) is 5.82 Å². The van der Waals surface area contributed by atoms with Crippen LogP contribution in [0, 0.1) is 17.0 Å². The number of benzene rings is 2. The molecule has 0 fully saturated rings. The highest BCUT2D eigenvalue weighted by molar-refractivity contribution is 6.01. The van der Waals surface area contributed by atoms with Crippen LogP contribution in [0.3, 0.4) is 0 Å². The number of hydrogen-bond donors (Lipinski definition) is 3. The molecule has 0 atom stereocenters. The Balaban J connectivity index is 0.000000550. The van der Waals surface area contributed by atoms with Gasteiger partial charge in [-0.15, -0.1) is 0 Å². The molecular formula is C26H27N5O7. The van der Waals surface area contributed by atoms with Gasteiger partial charge in [-0.05, 0) is 21.0 Å². The first kappa shape index (κ1) is 29.3. The van der Waals surface area contributed by atoms with E-state index in [-0.39, 0.29) is 11.6 Å². The molecule has 0 saturated heterocycles. The third-order valence-electron chi connectivity index (χ3n) is 4.89. The second-order valence-electron chi connectivity index (χ2n) is 8.10. The quantitative estimate of drug-likeness (QED) is 0.215. The number of aryl methyl sites for hydroxylation is 1. The van der Waals surface area contributed by atoms with Crippen LogP contribution in [0.5, 0.6) is 0 Å².